The van der Waals surface area contributed by atoms with Gasteiger partial charge in [0.1, 0.15) is 0 Å². The van der Waals surface area contributed by atoms with Crippen LogP contribution >= 0.6 is 0 Å². The Morgan fingerprint density at radius 2 is 2.26 bits per heavy atom. The molecule has 0 aliphatic carbocycles. The summed E-state index contributed by atoms with van der Waals surface area (Å²) in [6, 6.07) is 2.42. The smallest absolute Gasteiger partial charge is 0.154 e. The van der Waals surface area contributed by atoms with Gasteiger partial charge in [0.05, 0.1) is 17.4 Å². The first-order valence-corrected chi connectivity index (χ1v) is 6.80. The van der Waals surface area contributed by atoms with Crippen molar-refractivity contribution in [3.05, 3.63) is 35.0 Å². The molecule has 0 unspecified atom stereocenters. The van der Waals surface area contributed by atoms with Crippen molar-refractivity contribution in [3.63, 3.8) is 0 Å². The maximum absolute atomic E-state index is 5.44. The van der Waals surface area contributed by atoms with Crippen molar-refractivity contribution in [2.75, 3.05) is 6.54 Å². The first kappa shape index (κ1) is 12.4. The van der Waals surface area contributed by atoms with Gasteiger partial charge < -0.3 is 4.52 Å². The van der Waals surface area contributed by atoms with E-state index in [1.165, 1.54) is 12.0 Å². The predicted octanol–water partition coefficient (Wildman–Crippen LogP) is 2.36. The minimum atomic E-state index is 0.362. The largest absolute Gasteiger partial charge is 0.359 e. The monoisotopic (exact) mass is 260 g/mol. The van der Waals surface area contributed by atoms with Gasteiger partial charge in [0.2, 0.25) is 0 Å². The van der Waals surface area contributed by atoms with Crippen molar-refractivity contribution in [1.82, 2.24) is 19.8 Å². The van der Waals surface area contributed by atoms with Crippen LogP contribution in [0.1, 0.15) is 41.6 Å². The Morgan fingerprint density at radius 1 is 1.42 bits per heavy atom. The third-order valence-electron chi connectivity index (χ3n) is 3.83. The van der Waals surface area contributed by atoms with Crippen LogP contribution in [0.15, 0.2) is 16.8 Å². The lowest BCUT2D eigenvalue weighted by atomic mass is 10.1. The van der Waals surface area contributed by atoms with E-state index in [0.29, 0.717) is 6.04 Å². The second-order valence-electron chi connectivity index (χ2n) is 5.41. The molecule has 0 spiro atoms. The van der Waals surface area contributed by atoms with Crippen LogP contribution < -0.4 is 0 Å². The minimum absolute atomic E-state index is 0.362. The zero-order valence-corrected chi connectivity index (χ0v) is 11.8. The van der Waals surface area contributed by atoms with E-state index >= 15 is 0 Å². The zero-order valence-electron chi connectivity index (χ0n) is 11.8. The van der Waals surface area contributed by atoms with E-state index in [1.807, 2.05) is 18.7 Å². The van der Waals surface area contributed by atoms with Gasteiger partial charge in [-0.05, 0) is 33.2 Å². The molecule has 102 valence electrons. The Morgan fingerprint density at radius 3 is 2.89 bits per heavy atom. The number of likely N-dealkylation sites (tertiary alicyclic amines) is 1. The van der Waals surface area contributed by atoms with Crippen molar-refractivity contribution in [1.29, 1.82) is 0 Å². The maximum Gasteiger partial charge on any atom is 0.154 e. The average molecular weight is 260 g/mol. The van der Waals surface area contributed by atoms with E-state index in [0.717, 1.165) is 36.7 Å². The van der Waals surface area contributed by atoms with Gasteiger partial charge >= 0.3 is 0 Å². The van der Waals surface area contributed by atoms with E-state index in [-0.39, 0.29) is 0 Å². The van der Waals surface area contributed by atoms with Gasteiger partial charge in [0, 0.05) is 31.4 Å². The van der Waals surface area contributed by atoms with Gasteiger partial charge in [-0.25, -0.2) is 0 Å². The van der Waals surface area contributed by atoms with Gasteiger partial charge in [-0.2, -0.15) is 5.10 Å². The summed E-state index contributed by atoms with van der Waals surface area (Å²) in [4.78, 5) is 2.46. The molecule has 0 radical (unpaired) electrons. The Labute approximate surface area is 113 Å². The lowest BCUT2D eigenvalue weighted by Crippen LogP contribution is -2.22. The number of rotatable bonds is 3. The molecule has 2 aromatic heterocycles. The second-order valence-corrected chi connectivity index (χ2v) is 5.41. The highest BCUT2D eigenvalue weighted by Gasteiger charge is 2.29. The summed E-state index contributed by atoms with van der Waals surface area (Å²) >= 11 is 0. The molecule has 0 amide bonds. The van der Waals surface area contributed by atoms with Crippen molar-refractivity contribution in [2.45, 2.75) is 39.3 Å². The molecule has 1 aliphatic heterocycles. The molecule has 5 heteroatoms. The third-order valence-corrected chi connectivity index (χ3v) is 3.83. The normalized spacial score (nSPS) is 20.3. The lowest BCUT2D eigenvalue weighted by molar-refractivity contribution is 0.206. The van der Waals surface area contributed by atoms with Crippen molar-refractivity contribution < 1.29 is 4.52 Å². The zero-order chi connectivity index (χ0) is 13.4. The minimum Gasteiger partial charge on any atom is -0.359 e. The summed E-state index contributed by atoms with van der Waals surface area (Å²) in [6.45, 7) is 6.08. The fourth-order valence-electron chi connectivity index (χ4n) is 2.90. The van der Waals surface area contributed by atoms with Gasteiger partial charge in [-0.3, -0.25) is 9.58 Å². The van der Waals surface area contributed by atoms with Crippen LogP contribution in [0.25, 0.3) is 0 Å². The Bertz CT molecular complexity index is 572. The topological polar surface area (TPSA) is 47.1 Å². The van der Waals surface area contributed by atoms with Crippen LogP contribution in [-0.2, 0) is 13.6 Å². The van der Waals surface area contributed by atoms with Crippen molar-refractivity contribution in [2.24, 2.45) is 7.05 Å². The summed E-state index contributed by atoms with van der Waals surface area (Å²) in [5.41, 5.74) is 3.37. The van der Waals surface area contributed by atoms with E-state index < -0.39 is 0 Å². The van der Waals surface area contributed by atoms with Gasteiger partial charge in [0.15, 0.2) is 5.76 Å². The molecule has 19 heavy (non-hydrogen) atoms. The summed E-state index contributed by atoms with van der Waals surface area (Å²) in [5.74, 6) is 0.997. The number of aryl methyl sites for hydroxylation is 3. The van der Waals surface area contributed by atoms with Crippen LogP contribution in [0.2, 0.25) is 0 Å². The van der Waals surface area contributed by atoms with Gasteiger partial charge in [0.25, 0.3) is 0 Å². The first-order chi connectivity index (χ1) is 9.13. The average Bonchev–Trinajstić information content (AvgIpc) is 3.02. The highest BCUT2D eigenvalue weighted by Crippen LogP contribution is 2.33. The quantitative estimate of drug-likeness (QED) is 0.850. The number of nitrogens with zero attached hydrogens (tertiary/aromatic N) is 4. The molecule has 0 bridgehead atoms. The number of hydrogen-bond donors (Lipinski definition) is 0. The maximum atomic E-state index is 5.44. The molecule has 1 fully saturated rings. The number of aromatic nitrogens is 3. The second kappa shape index (κ2) is 4.81. The van der Waals surface area contributed by atoms with Crippen LogP contribution in [0.5, 0.6) is 0 Å². The molecule has 1 saturated heterocycles. The molecule has 1 atom stereocenters. The summed E-state index contributed by atoms with van der Waals surface area (Å²) in [7, 11) is 1.97. The highest BCUT2D eigenvalue weighted by atomic mass is 16.5. The Balaban J connectivity index is 1.78. The molecular weight excluding hydrogens is 240 g/mol. The standard InChI is InChI=1S/C14H20N4O/c1-10-7-14(19-16-10)13-5-4-6-18(13)9-12-8-17(3)15-11(12)2/h7-8,13H,4-6,9H2,1-3H3/t13-/m0/s1. The summed E-state index contributed by atoms with van der Waals surface area (Å²) < 4.78 is 7.32. The van der Waals surface area contributed by atoms with Crippen LogP contribution in [0, 0.1) is 13.8 Å². The highest BCUT2D eigenvalue weighted by molar-refractivity contribution is 5.17. The van der Waals surface area contributed by atoms with Crippen LogP contribution in [-0.4, -0.2) is 26.4 Å². The molecule has 5 nitrogen and oxygen atoms in total. The predicted molar refractivity (Wildman–Crippen MR) is 71.6 cm³/mol. The molecule has 0 saturated carbocycles. The molecule has 2 aromatic rings. The van der Waals surface area contributed by atoms with Crippen LogP contribution in [0.3, 0.4) is 0 Å². The molecule has 3 heterocycles. The molecule has 3 rings (SSSR count). The van der Waals surface area contributed by atoms with Crippen molar-refractivity contribution in [3.8, 4) is 0 Å². The fourth-order valence-corrected chi connectivity index (χ4v) is 2.90. The van der Waals surface area contributed by atoms with E-state index in [2.05, 4.69) is 34.3 Å². The number of hydrogen-bond acceptors (Lipinski definition) is 4. The van der Waals surface area contributed by atoms with Crippen molar-refractivity contribution >= 4 is 0 Å². The lowest BCUT2D eigenvalue weighted by Gasteiger charge is -2.21. The van der Waals surface area contributed by atoms with E-state index in [1.54, 1.807) is 0 Å². The molecule has 1 aliphatic rings. The summed E-state index contributed by atoms with van der Waals surface area (Å²) in [5, 5.41) is 8.42. The Kier molecular flexibility index (Phi) is 3.14. The van der Waals surface area contributed by atoms with Crippen LogP contribution in [0.4, 0.5) is 0 Å². The first-order valence-electron chi connectivity index (χ1n) is 6.80. The summed E-state index contributed by atoms with van der Waals surface area (Å²) in [6.07, 6.45) is 4.47. The van der Waals surface area contributed by atoms with Gasteiger partial charge in [-0.15, -0.1) is 0 Å². The third kappa shape index (κ3) is 2.42. The SMILES string of the molecule is Cc1cc([C@@H]2CCCN2Cc2cn(C)nc2C)on1. The van der Waals surface area contributed by atoms with Gasteiger partial charge in [-0.1, -0.05) is 5.16 Å². The van der Waals surface area contributed by atoms with E-state index in [4.69, 9.17) is 4.52 Å². The van der Waals surface area contributed by atoms with E-state index in [9.17, 15) is 0 Å². The molecule has 0 N–H and O–H groups in total. The molecular formula is C14H20N4O. The fraction of sp³-hybridized carbons (Fsp3) is 0.571. The molecule has 0 aromatic carbocycles. The Hall–Kier alpha value is -1.62.